The number of fused-ring (bicyclic) bond motifs is 1. The van der Waals surface area contributed by atoms with Gasteiger partial charge in [0.2, 0.25) is 5.91 Å². The molecular formula is C18H24ClNO. The van der Waals surface area contributed by atoms with Gasteiger partial charge in [0, 0.05) is 23.5 Å². The lowest BCUT2D eigenvalue weighted by Crippen LogP contribution is -2.35. The van der Waals surface area contributed by atoms with Gasteiger partial charge >= 0.3 is 0 Å². The number of carbonyl (C=O) groups excluding carboxylic acids is 1. The van der Waals surface area contributed by atoms with Crippen molar-refractivity contribution in [2.24, 2.45) is 5.92 Å². The quantitative estimate of drug-likeness (QED) is 0.761. The Kier molecular flexibility index (Phi) is 4.54. The van der Waals surface area contributed by atoms with Crippen LogP contribution in [0.2, 0.25) is 0 Å². The molecule has 3 heteroatoms. The molecule has 0 spiro atoms. The van der Waals surface area contributed by atoms with E-state index in [4.69, 9.17) is 11.6 Å². The smallest absolute Gasteiger partial charge is 0.230 e. The predicted octanol–water partition coefficient (Wildman–Crippen LogP) is 4.33. The molecule has 1 fully saturated rings. The predicted molar refractivity (Wildman–Crippen MR) is 88.1 cm³/mol. The van der Waals surface area contributed by atoms with Gasteiger partial charge < -0.3 is 4.90 Å². The van der Waals surface area contributed by atoms with Crippen LogP contribution >= 0.6 is 11.6 Å². The second-order valence-electron chi connectivity index (χ2n) is 6.52. The minimum absolute atomic E-state index is 0.157. The third-order valence-electron chi connectivity index (χ3n) is 4.78. The average molecular weight is 306 g/mol. The van der Waals surface area contributed by atoms with Crippen LogP contribution in [0, 0.1) is 5.92 Å². The Bertz CT molecular complexity index is 520. The van der Waals surface area contributed by atoms with Crippen LogP contribution in [0.3, 0.4) is 0 Å². The maximum absolute atomic E-state index is 12.7. The van der Waals surface area contributed by atoms with Crippen molar-refractivity contribution in [3.63, 3.8) is 0 Å². The Balaban J connectivity index is 1.75. The van der Waals surface area contributed by atoms with Gasteiger partial charge in [-0.1, -0.05) is 31.4 Å². The average Bonchev–Trinajstić information content (AvgIpc) is 2.90. The molecule has 0 bridgehead atoms. The van der Waals surface area contributed by atoms with Crippen molar-refractivity contribution < 1.29 is 4.79 Å². The monoisotopic (exact) mass is 305 g/mol. The van der Waals surface area contributed by atoms with Gasteiger partial charge in [0.05, 0.1) is 0 Å². The van der Waals surface area contributed by atoms with Gasteiger partial charge in [-0.05, 0) is 49.8 Å². The van der Waals surface area contributed by atoms with Crippen LogP contribution in [0.4, 0.5) is 5.69 Å². The summed E-state index contributed by atoms with van der Waals surface area (Å²) in [6.07, 6.45) is 7.75. The highest BCUT2D eigenvalue weighted by atomic mass is 35.5. The third kappa shape index (κ3) is 3.26. The third-order valence-corrected chi connectivity index (χ3v) is 4.93. The largest absolute Gasteiger partial charge is 0.312 e. The highest BCUT2D eigenvalue weighted by molar-refractivity contribution is 6.20. The first-order valence-corrected chi connectivity index (χ1v) is 8.66. The van der Waals surface area contributed by atoms with Crippen molar-refractivity contribution in [1.82, 2.24) is 0 Å². The molecule has 1 aromatic carbocycles. The molecule has 1 unspecified atom stereocenters. The number of hydrogen-bond donors (Lipinski definition) is 0. The van der Waals surface area contributed by atoms with Crippen molar-refractivity contribution in [2.75, 3.05) is 11.4 Å². The SMILES string of the molecule is CC(Cl)Cc1ccc2c(c1)CCN2C(=O)C1CCCCC1. The summed E-state index contributed by atoms with van der Waals surface area (Å²) in [5.41, 5.74) is 3.73. The van der Waals surface area contributed by atoms with Gasteiger partial charge in [0.15, 0.2) is 0 Å². The second kappa shape index (κ2) is 6.39. The highest BCUT2D eigenvalue weighted by Crippen LogP contribution is 2.33. The summed E-state index contributed by atoms with van der Waals surface area (Å²) in [6, 6.07) is 6.49. The molecule has 0 aromatic heterocycles. The maximum atomic E-state index is 12.7. The number of benzene rings is 1. The zero-order chi connectivity index (χ0) is 14.8. The fourth-order valence-electron chi connectivity index (χ4n) is 3.71. The summed E-state index contributed by atoms with van der Waals surface area (Å²) < 4.78 is 0. The summed E-state index contributed by atoms with van der Waals surface area (Å²) in [5.74, 6) is 0.610. The molecule has 0 N–H and O–H groups in total. The molecule has 0 saturated heterocycles. The normalized spacial score (nSPS) is 20.4. The molecule has 0 radical (unpaired) electrons. The molecule has 21 heavy (non-hydrogen) atoms. The second-order valence-corrected chi connectivity index (χ2v) is 7.27. The standard InChI is InChI=1S/C18H24ClNO/c1-13(19)11-14-7-8-17-16(12-14)9-10-20(17)18(21)15-5-3-2-4-6-15/h7-8,12-13,15H,2-6,9-11H2,1H3. The van der Waals surface area contributed by atoms with E-state index >= 15 is 0 Å². The Morgan fingerprint density at radius 2 is 2.10 bits per heavy atom. The van der Waals surface area contributed by atoms with E-state index in [1.807, 2.05) is 11.8 Å². The molecular weight excluding hydrogens is 282 g/mol. The molecule has 2 aliphatic rings. The fourth-order valence-corrected chi connectivity index (χ4v) is 3.88. The topological polar surface area (TPSA) is 20.3 Å². The lowest BCUT2D eigenvalue weighted by molar-refractivity contribution is -0.123. The Morgan fingerprint density at radius 3 is 2.81 bits per heavy atom. The molecule has 1 atom stereocenters. The van der Waals surface area contributed by atoms with Gasteiger partial charge in [-0.3, -0.25) is 4.79 Å². The molecule has 2 nitrogen and oxygen atoms in total. The Labute approximate surface area is 132 Å². The molecule has 1 heterocycles. The van der Waals surface area contributed by atoms with Crippen molar-refractivity contribution in [3.05, 3.63) is 29.3 Å². The molecule has 1 amide bonds. The number of hydrogen-bond acceptors (Lipinski definition) is 1. The molecule has 1 aromatic rings. The minimum Gasteiger partial charge on any atom is -0.312 e. The van der Waals surface area contributed by atoms with Crippen molar-refractivity contribution in [1.29, 1.82) is 0 Å². The molecule has 3 rings (SSSR count). The Hall–Kier alpha value is -1.02. The fraction of sp³-hybridized carbons (Fsp3) is 0.611. The van der Waals surface area contributed by atoms with E-state index < -0.39 is 0 Å². The van der Waals surface area contributed by atoms with Gasteiger partial charge in [-0.2, -0.15) is 0 Å². The van der Waals surface area contributed by atoms with E-state index in [1.165, 1.54) is 30.4 Å². The molecule has 114 valence electrons. The van der Waals surface area contributed by atoms with Crippen molar-refractivity contribution in [3.8, 4) is 0 Å². The zero-order valence-corrected chi connectivity index (χ0v) is 13.5. The number of rotatable bonds is 3. The van der Waals surface area contributed by atoms with E-state index in [9.17, 15) is 4.79 Å². The van der Waals surface area contributed by atoms with Crippen LogP contribution < -0.4 is 4.90 Å². The van der Waals surface area contributed by atoms with Crippen LogP contribution in [0.15, 0.2) is 18.2 Å². The number of nitrogens with zero attached hydrogens (tertiary/aromatic N) is 1. The summed E-state index contributed by atoms with van der Waals surface area (Å²) >= 11 is 6.08. The first kappa shape index (κ1) is 14.9. The lowest BCUT2D eigenvalue weighted by atomic mass is 9.88. The van der Waals surface area contributed by atoms with Gasteiger partial charge in [0.1, 0.15) is 0 Å². The van der Waals surface area contributed by atoms with Crippen LogP contribution in [0.5, 0.6) is 0 Å². The molecule has 1 saturated carbocycles. The van der Waals surface area contributed by atoms with Gasteiger partial charge in [0.25, 0.3) is 0 Å². The maximum Gasteiger partial charge on any atom is 0.230 e. The first-order chi connectivity index (χ1) is 10.1. The van der Waals surface area contributed by atoms with Gasteiger partial charge in [-0.25, -0.2) is 0 Å². The van der Waals surface area contributed by atoms with E-state index in [2.05, 4.69) is 18.2 Å². The highest BCUT2D eigenvalue weighted by Gasteiger charge is 2.30. The van der Waals surface area contributed by atoms with Crippen LogP contribution in [0.1, 0.15) is 50.2 Å². The van der Waals surface area contributed by atoms with Crippen molar-refractivity contribution >= 4 is 23.2 Å². The summed E-state index contributed by atoms with van der Waals surface area (Å²) in [6.45, 7) is 2.87. The Morgan fingerprint density at radius 1 is 1.33 bits per heavy atom. The van der Waals surface area contributed by atoms with Crippen molar-refractivity contribution in [2.45, 2.75) is 57.2 Å². The first-order valence-electron chi connectivity index (χ1n) is 8.22. The zero-order valence-electron chi connectivity index (χ0n) is 12.8. The summed E-state index contributed by atoms with van der Waals surface area (Å²) in [5, 5.41) is 0.157. The number of amides is 1. The summed E-state index contributed by atoms with van der Waals surface area (Å²) in [4.78, 5) is 14.8. The van der Waals surface area contributed by atoms with E-state index in [1.54, 1.807) is 0 Å². The van der Waals surface area contributed by atoms with Crippen LogP contribution in [0.25, 0.3) is 0 Å². The van der Waals surface area contributed by atoms with E-state index in [0.717, 1.165) is 37.9 Å². The lowest BCUT2D eigenvalue weighted by Gasteiger charge is -2.26. The van der Waals surface area contributed by atoms with Crippen LogP contribution in [-0.4, -0.2) is 17.8 Å². The minimum atomic E-state index is 0.157. The number of alkyl halides is 1. The van der Waals surface area contributed by atoms with E-state index in [-0.39, 0.29) is 11.3 Å². The van der Waals surface area contributed by atoms with Gasteiger partial charge in [-0.15, -0.1) is 11.6 Å². The molecule has 1 aliphatic heterocycles. The van der Waals surface area contributed by atoms with Crippen LogP contribution in [-0.2, 0) is 17.6 Å². The number of anilines is 1. The van der Waals surface area contributed by atoms with E-state index in [0.29, 0.717) is 5.91 Å². The molecule has 1 aliphatic carbocycles. The summed E-state index contributed by atoms with van der Waals surface area (Å²) in [7, 11) is 0. The number of halogens is 1. The number of carbonyl (C=O) groups is 1.